The third-order valence-corrected chi connectivity index (χ3v) is 3.66. The Morgan fingerprint density at radius 2 is 2.07 bits per heavy atom. The summed E-state index contributed by atoms with van der Waals surface area (Å²) in [5.41, 5.74) is 1.37. The van der Waals surface area contributed by atoms with Crippen LogP contribution in [0.3, 0.4) is 0 Å². The molecule has 1 aromatic heterocycles. The number of halogens is 2. The van der Waals surface area contributed by atoms with Crippen LogP contribution >= 0.6 is 27.5 Å². The van der Waals surface area contributed by atoms with Crippen LogP contribution in [0.15, 0.2) is 27.5 Å². The molecule has 0 saturated carbocycles. The minimum Gasteiger partial charge on any atom is -0.311 e. The molecule has 4 heteroatoms. The van der Waals surface area contributed by atoms with Crippen molar-refractivity contribution in [1.29, 1.82) is 0 Å². The zero-order chi connectivity index (χ0) is 11.2. The maximum absolute atomic E-state index is 11.8. The summed E-state index contributed by atoms with van der Waals surface area (Å²) >= 11 is 9.61. The number of aryl methyl sites for hydroxylation is 1. The molecule has 1 aromatic carbocycles. The van der Waals surface area contributed by atoms with E-state index in [2.05, 4.69) is 15.9 Å². The molecule has 0 N–H and O–H groups in total. The molecular weight excluding hydrogens is 277 g/mol. The van der Waals surface area contributed by atoms with Crippen molar-refractivity contribution in [2.24, 2.45) is 7.05 Å². The highest BCUT2D eigenvalue weighted by molar-refractivity contribution is 9.10. The van der Waals surface area contributed by atoms with Gasteiger partial charge in [-0.25, -0.2) is 0 Å². The molecule has 0 aliphatic rings. The molecule has 2 nitrogen and oxygen atoms in total. The van der Waals surface area contributed by atoms with Gasteiger partial charge in [-0.2, -0.15) is 0 Å². The van der Waals surface area contributed by atoms with Gasteiger partial charge in [0.25, 0.3) is 5.56 Å². The number of nitrogens with zero attached hydrogens (tertiary/aromatic N) is 1. The fraction of sp³-hybridized carbons (Fsp3) is 0.182. The molecule has 15 heavy (non-hydrogen) atoms. The SMILES string of the molecule is Cc1c(Cl)c2c(Br)cccc2n(C)c1=O. The summed E-state index contributed by atoms with van der Waals surface area (Å²) in [5, 5.41) is 1.42. The summed E-state index contributed by atoms with van der Waals surface area (Å²) in [4.78, 5) is 11.8. The van der Waals surface area contributed by atoms with E-state index in [1.807, 2.05) is 18.2 Å². The molecule has 0 aliphatic carbocycles. The van der Waals surface area contributed by atoms with E-state index in [-0.39, 0.29) is 5.56 Å². The summed E-state index contributed by atoms with van der Waals surface area (Å²) in [5.74, 6) is 0. The smallest absolute Gasteiger partial charge is 0.255 e. The van der Waals surface area contributed by atoms with E-state index in [1.165, 1.54) is 0 Å². The molecule has 0 fully saturated rings. The highest BCUT2D eigenvalue weighted by Crippen LogP contribution is 2.30. The second-order valence-electron chi connectivity index (χ2n) is 3.44. The molecule has 78 valence electrons. The Kier molecular flexibility index (Phi) is 2.61. The second-order valence-corrected chi connectivity index (χ2v) is 4.67. The van der Waals surface area contributed by atoms with Crippen LogP contribution < -0.4 is 5.56 Å². The maximum atomic E-state index is 11.8. The van der Waals surface area contributed by atoms with Crippen LogP contribution in [-0.4, -0.2) is 4.57 Å². The van der Waals surface area contributed by atoms with Crippen LogP contribution in [0.1, 0.15) is 5.56 Å². The molecule has 2 rings (SSSR count). The lowest BCUT2D eigenvalue weighted by molar-refractivity contribution is 0.893. The summed E-state index contributed by atoms with van der Waals surface area (Å²) in [6, 6.07) is 5.68. The highest BCUT2D eigenvalue weighted by Gasteiger charge is 2.11. The highest BCUT2D eigenvalue weighted by atomic mass is 79.9. The zero-order valence-corrected chi connectivity index (χ0v) is 10.7. The third kappa shape index (κ3) is 1.50. The summed E-state index contributed by atoms with van der Waals surface area (Å²) in [6.07, 6.45) is 0. The monoisotopic (exact) mass is 285 g/mol. The van der Waals surface area contributed by atoms with Crippen LogP contribution in [0.5, 0.6) is 0 Å². The van der Waals surface area contributed by atoms with Crippen LogP contribution in [0.2, 0.25) is 5.02 Å². The Balaban J connectivity index is 3.15. The van der Waals surface area contributed by atoms with E-state index in [1.54, 1.807) is 18.5 Å². The number of hydrogen-bond donors (Lipinski definition) is 0. The van der Waals surface area contributed by atoms with Crippen LogP contribution in [-0.2, 0) is 7.05 Å². The zero-order valence-electron chi connectivity index (χ0n) is 8.34. The lowest BCUT2D eigenvalue weighted by Gasteiger charge is -2.10. The predicted molar refractivity (Wildman–Crippen MR) is 66.6 cm³/mol. The van der Waals surface area contributed by atoms with E-state index in [0.29, 0.717) is 10.6 Å². The molecule has 0 spiro atoms. The second kappa shape index (κ2) is 3.65. The fourth-order valence-corrected chi connectivity index (χ4v) is 2.60. The molecule has 1 heterocycles. The Morgan fingerprint density at radius 3 is 2.73 bits per heavy atom. The molecule has 0 aliphatic heterocycles. The van der Waals surface area contributed by atoms with E-state index in [9.17, 15) is 4.79 Å². The quantitative estimate of drug-likeness (QED) is 0.728. The molecule has 0 radical (unpaired) electrons. The van der Waals surface area contributed by atoms with Gasteiger partial charge in [-0.3, -0.25) is 4.79 Å². The van der Waals surface area contributed by atoms with Crippen molar-refractivity contribution in [3.63, 3.8) is 0 Å². The van der Waals surface area contributed by atoms with Gasteiger partial charge in [0.2, 0.25) is 0 Å². The van der Waals surface area contributed by atoms with Crippen LogP contribution in [0.4, 0.5) is 0 Å². The number of pyridine rings is 1. The van der Waals surface area contributed by atoms with Crippen molar-refractivity contribution in [3.8, 4) is 0 Å². The first kappa shape index (κ1) is 10.7. The average molecular weight is 287 g/mol. The largest absolute Gasteiger partial charge is 0.311 e. The Labute approximate surface area is 101 Å². The molecule has 0 amide bonds. The first-order valence-electron chi connectivity index (χ1n) is 4.47. The molecule has 0 bridgehead atoms. The topological polar surface area (TPSA) is 22.0 Å². The van der Waals surface area contributed by atoms with Gasteiger partial charge in [-0.15, -0.1) is 0 Å². The lowest BCUT2D eigenvalue weighted by atomic mass is 10.1. The molecular formula is C11H9BrClNO. The maximum Gasteiger partial charge on any atom is 0.255 e. The molecule has 2 aromatic rings. The predicted octanol–water partition coefficient (Wildman–Crippen LogP) is 3.26. The lowest BCUT2D eigenvalue weighted by Crippen LogP contribution is -2.20. The van der Waals surface area contributed by atoms with Crippen molar-refractivity contribution in [2.75, 3.05) is 0 Å². The number of hydrogen-bond acceptors (Lipinski definition) is 1. The minimum atomic E-state index is -0.0504. The van der Waals surface area contributed by atoms with E-state index >= 15 is 0 Å². The Hall–Kier alpha value is -0.800. The van der Waals surface area contributed by atoms with E-state index in [4.69, 9.17) is 11.6 Å². The van der Waals surface area contributed by atoms with Gasteiger partial charge in [0.05, 0.1) is 10.5 Å². The number of benzene rings is 1. The third-order valence-electron chi connectivity index (χ3n) is 2.53. The van der Waals surface area contributed by atoms with Crippen molar-refractivity contribution in [1.82, 2.24) is 4.57 Å². The van der Waals surface area contributed by atoms with Crippen LogP contribution in [0.25, 0.3) is 10.9 Å². The molecule has 0 atom stereocenters. The van der Waals surface area contributed by atoms with E-state index < -0.39 is 0 Å². The normalized spacial score (nSPS) is 10.9. The van der Waals surface area contributed by atoms with Gasteiger partial charge in [-0.1, -0.05) is 33.6 Å². The Bertz CT molecular complexity index is 604. The van der Waals surface area contributed by atoms with Crippen molar-refractivity contribution in [3.05, 3.63) is 43.6 Å². The van der Waals surface area contributed by atoms with Crippen molar-refractivity contribution >= 4 is 38.4 Å². The van der Waals surface area contributed by atoms with Crippen LogP contribution in [0, 0.1) is 6.92 Å². The fourth-order valence-electron chi connectivity index (χ4n) is 1.65. The summed E-state index contributed by atoms with van der Waals surface area (Å²) < 4.78 is 2.52. The number of aromatic nitrogens is 1. The van der Waals surface area contributed by atoms with Crippen molar-refractivity contribution in [2.45, 2.75) is 6.92 Å². The first-order chi connectivity index (χ1) is 7.04. The van der Waals surface area contributed by atoms with Gasteiger partial charge < -0.3 is 4.57 Å². The minimum absolute atomic E-state index is 0.0504. The first-order valence-corrected chi connectivity index (χ1v) is 5.64. The van der Waals surface area contributed by atoms with Gasteiger partial charge in [0.15, 0.2) is 0 Å². The van der Waals surface area contributed by atoms with Gasteiger partial charge in [-0.05, 0) is 19.1 Å². The van der Waals surface area contributed by atoms with Gasteiger partial charge >= 0.3 is 0 Å². The van der Waals surface area contributed by atoms with Gasteiger partial charge in [0, 0.05) is 22.5 Å². The summed E-state index contributed by atoms with van der Waals surface area (Å²) in [6.45, 7) is 1.74. The molecule has 0 saturated heterocycles. The van der Waals surface area contributed by atoms with E-state index in [0.717, 1.165) is 15.4 Å². The van der Waals surface area contributed by atoms with Gasteiger partial charge in [0.1, 0.15) is 0 Å². The Morgan fingerprint density at radius 1 is 1.40 bits per heavy atom. The standard InChI is InChI=1S/C11H9BrClNO/c1-6-10(13)9-7(12)4-3-5-8(9)14(2)11(6)15/h3-5H,1-2H3. The average Bonchev–Trinajstić information content (AvgIpc) is 2.23. The number of fused-ring (bicyclic) bond motifs is 1. The summed E-state index contributed by atoms with van der Waals surface area (Å²) in [7, 11) is 1.75. The number of rotatable bonds is 0. The molecule has 0 unspecified atom stereocenters. The van der Waals surface area contributed by atoms with Crippen molar-refractivity contribution < 1.29 is 0 Å².